The van der Waals surface area contributed by atoms with Gasteiger partial charge in [0.2, 0.25) is 5.89 Å². The number of nitrogens with zero attached hydrogens (tertiary/aromatic N) is 4. The zero-order valence-corrected chi connectivity index (χ0v) is 14.9. The number of rotatable bonds is 3. The largest absolute Gasteiger partial charge is 0.439 e. The van der Waals surface area contributed by atoms with E-state index in [0.29, 0.717) is 18.8 Å². The summed E-state index contributed by atoms with van der Waals surface area (Å²) in [5.74, 6) is 0.736. The van der Waals surface area contributed by atoms with Crippen molar-refractivity contribution in [1.29, 1.82) is 0 Å². The monoisotopic (exact) mass is 350 g/mol. The highest BCUT2D eigenvalue weighted by Gasteiger charge is 2.22. The molecule has 0 spiro atoms. The Morgan fingerprint density at radius 1 is 1.15 bits per heavy atom. The van der Waals surface area contributed by atoms with E-state index in [2.05, 4.69) is 14.9 Å². The lowest BCUT2D eigenvalue weighted by Crippen LogP contribution is -2.35. The number of hydrogen-bond donors (Lipinski definition) is 0. The average Bonchev–Trinajstić information content (AvgIpc) is 2.90. The number of amides is 1. The van der Waals surface area contributed by atoms with Crippen LogP contribution in [0.4, 0.5) is 0 Å². The van der Waals surface area contributed by atoms with Gasteiger partial charge < -0.3 is 9.32 Å². The molecule has 6 heteroatoms. The van der Waals surface area contributed by atoms with Crippen LogP contribution in [0.3, 0.4) is 0 Å². The molecular formula is C20H22N4O2. The first-order chi connectivity index (χ1) is 12.7. The number of hydrogen-bond acceptors (Lipinski definition) is 5. The lowest BCUT2D eigenvalue weighted by atomic mass is 10.2. The predicted molar refractivity (Wildman–Crippen MR) is 98.8 cm³/mol. The number of pyridine rings is 1. The van der Waals surface area contributed by atoms with Crippen LogP contribution in [0, 0.1) is 6.92 Å². The fourth-order valence-corrected chi connectivity index (χ4v) is 3.32. The molecule has 0 bridgehead atoms. The van der Waals surface area contributed by atoms with E-state index in [9.17, 15) is 4.79 Å². The number of oxazole rings is 1. The van der Waals surface area contributed by atoms with Crippen LogP contribution in [0.1, 0.15) is 28.4 Å². The summed E-state index contributed by atoms with van der Waals surface area (Å²) in [6, 6.07) is 11.5. The summed E-state index contributed by atoms with van der Waals surface area (Å²) in [7, 11) is 0. The van der Waals surface area contributed by atoms with Crippen LogP contribution >= 0.6 is 0 Å². The summed E-state index contributed by atoms with van der Waals surface area (Å²) < 4.78 is 5.89. The first-order valence-corrected chi connectivity index (χ1v) is 8.98. The second-order valence-electron chi connectivity index (χ2n) is 6.72. The second-order valence-corrected chi connectivity index (χ2v) is 6.72. The van der Waals surface area contributed by atoms with Gasteiger partial charge in [-0.05, 0) is 43.2 Å². The quantitative estimate of drug-likeness (QED) is 0.727. The Labute approximate surface area is 152 Å². The topological polar surface area (TPSA) is 62.5 Å². The highest BCUT2D eigenvalue weighted by atomic mass is 16.3. The summed E-state index contributed by atoms with van der Waals surface area (Å²) in [6.45, 7) is 5.87. The third kappa shape index (κ3) is 3.60. The summed E-state index contributed by atoms with van der Waals surface area (Å²) >= 11 is 0. The molecule has 26 heavy (non-hydrogen) atoms. The van der Waals surface area contributed by atoms with Gasteiger partial charge in [0.25, 0.3) is 5.91 Å². The minimum Gasteiger partial charge on any atom is -0.439 e. The molecule has 0 N–H and O–H groups in total. The van der Waals surface area contributed by atoms with Gasteiger partial charge in [0.05, 0.1) is 6.54 Å². The number of carbonyl (C=O) groups is 1. The summed E-state index contributed by atoms with van der Waals surface area (Å²) in [6.07, 6.45) is 2.59. The maximum absolute atomic E-state index is 12.6. The van der Waals surface area contributed by atoms with E-state index < -0.39 is 0 Å². The molecule has 134 valence electrons. The normalized spacial score (nSPS) is 16.0. The molecule has 0 saturated carbocycles. The molecule has 1 aliphatic rings. The van der Waals surface area contributed by atoms with Gasteiger partial charge in [-0.1, -0.05) is 12.1 Å². The average molecular weight is 350 g/mol. The van der Waals surface area contributed by atoms with E-state index in [1.54, 1.807) is 12.3 Å². The van der Waals surface area contributed by atoms with Gasteiger partial charge in [-0.2, -0.15) is 0 Å². The summed E-state index contributed by atoms with van der Waals surface area (Å²) in [5.41, 5.74) is 3.41. The van der Waals surface area contributed by atoms with Crippen molar-refractivity contribution in [3.63, 3.8) is 0 Å². The molecule has 1 amide bonds. The van der Waals surface area contributed by atoms with Crippen LogP contribution in [0.2, 0.25) is 0 Å². The number of aryl methyl sites for hydroxylation is 1. The molecule has 1 aliphatic heterocycles. The van der Waals surface area contributed by atoms with Crippen molar-refractivity contribution in [2.45, 2.75) is 19.9 Å². The van der Waals surface area contributed by atoms with Crippen LogP contribution in [-0.2, 0) is 6.54 Å². The summed E-state index contributed by atoms with van der Waals surface area (Å²) in [4.78, 5) is 25.5. The Morgan fingerprint density at radius 3 is 2.92 bits per heavy atom. The van der Waals surface area contributed by atoms with Gasteiger partial charge in [0.1, 0.15) is 11.2 Å². The first-order valence-electron chi connectivity index (χ1n) is 8.98. The smallest absolute Gasteiger partial charge is 0.272 e. The molecule has 1 fully saturated rings. The highest BCUT2D eigenvalue weighted by molar-refractivity contribution is 5.92. The Morgan fingerprint density at radius 2 is 2.08 bits per heavy atom. The van der Waals surface area contributed by atoms with Crippen molar-refractivity contribution in [2.24, 2.45) is 0 Å². The molecule has 0 radical (unpaired) electrons. The minimum absolute atomic E-state index is 0.00443. The number of aromatic nitrogens is 2. The Kier molecular flexibility index (Phi) is 4.67. The summed E-state index contributed by atoms with van der Waals surface area (Å²) in [5, 5.41) is 0. The van der Waals surface area contributed by atoms with Gasteiger partial charge in [-0.15, -0.1) is 0 Å². The highest BCUT2D eigenvalue weighted by Crippen LogP contribution is 2.18. The van der Waals surface area contributed by atoms with Crippen molar-refractivity contribution in [3.05, 3.63) is 59.7 Å². The Balaban J connectivity index is 1.41. The molecule has 2 aromatic heterocycles. The fourth-order valence-electron chi connectivity index (χ4n) is 3.32. The molecule has 0 atom stereocenters. The van der Waals surface area contributed by atoms with E-state index >= 15 is 0 Å². The lowest BCUT2D eigenvalue weighted by molar-refractivity contribution is 0.0755. The number of benzene rings is 1. The molecule has 1 saturated heterocycles. The molecule has 6 nitrogen and oxygen atoms in total. The molecule has 3 heterocycles. The molecular weight excluding hydrogens is 328 g/mol. The molecule has 4 rings (SSSR count). The SMILES string of the molecule is Cc1ccc2nc(CN3CCCN(C(=O)c4ccccn4)CC3)oc2c1. The molecule has 3 aromatic rings. The number of fused-ring (bicyclic) bond motifs is 1. The van der Waals surface area contributed by atoms with E-state index in [0.717, 1.165) is 43.0 Å². The second kappa shape index (κ2) is 7.25. The van der Waals surface area contributed by atoms with Gasteiger partial charge >= 0.3 is 0 Å². The van der Waals surface area contributed by atoms with Gasteiger partial charge in [0, 0.05) is 32.4 Å². The minimum atomic E-state index is 0.00443. The maximum atomic E-state index is 12.6. The third-order valence-corrected chi connectivity index (χ3v) is 4.71. The Hall–Kier alpha value is -2.73. The van der Waals surface area contributed by atoms with Crippen LogP contribution in [0.15, 0.2) is 47.0 Å². The zero-order valence-electron chi connectivity index (χ0n) is 14.9. The van der Waals surface area contributed by atoms with E-state index in [1.807, 2.05) is 42.2 Å². The van der Waals surface area contributed by atoms with Crippen molar-refractivity contribution in [1.82, 2.24) is 19.8 Å². The van der Waals surface area contributed by atoms with Gasteiger partial charge in [-0.3, -0.25) is 14.7 Å². The predicted octanol–water partition coefficient (Wildman–Crippen LogP) is 2.88. The zero-order chi connectivity index (χ0) is 17.9. The van der Waals surface area contributed by atoms with Gasteiger partial charge in [0.15, 0.2) is 5.58 Å². The fraction of sp³-hybridized carbons (Fsp3) is 0.350. The molecule has 1 aromatic carbocycles. The van der Waals surface area contributed by atoms with Crippen LogP contribution in [0.25, 0.3) is 11.1 Å². The van der Waals surface area contributed by atoms with Crippen molar-refractivity contribution >= 4 is 17.0 Å². The number of carbonyl (C=O) groups excluding carboxylic acids is 1. The van der Waals surface area contributed by atoms with Crippen LogP contribution in [0.5, 0.6) is 0 Å². The Bertz CT molecular complexity index is 907. The van der Waals surface area contributed by atoms with Crippen molar-refractivity contribution < 1.29 is 9.21 Å². The van der Waals surface area contributed by atoms with Gasteiger partial charge in [-0.25, -0.2) is 4.98 Å². The van der Waals surface area contributed by atoms with E-state index in [1.165, 1.54) is 5.56 Å². The van der Waals surface area contributed by atoms with Crippen molar-refractivity contribution in [3.8, 4) is 0 Å². The van der Waals surface area contributed by atoms with E-state index in [4.69, 9.17) is 4.42 Å². The van der Waals surface area contributed by atoms with Crippen LogP contribution in [-0.4, -0.2) is 51.9 Å². The maximum Gasteiger partial charge on any atom is 0.272 e. The first kappa shape index (κ1) is 16.7. The van der Waals surface area contributed by atoms with Crippen molar-refractivity contribution in [2.75, 3.05) is 26.2 Å². The molecule has 0 unspecified atom stereocenters. The molecule has 0 aliphatic carbocycles. The van der Waals surface area contributed by atoms with Crippen LogP contribution < -0.4 is 0 Å². The lowest BCUT2D eigenvalue weighted by Gasteiger charge is -2.20. The standard InChI is InChI=1S/C20H22N4O2/c1-15-6-7-16-18(13-15)26-19(22-16)14-23-9-4-10-24(12-11-23)20(25)17-5-2-3-8-21-17/h2-3,5-8,13H,4,9-12,14H2,1H3. The van der Waals surface area contributed by atoms with E-state index in [-0.39, 0.29) is 5.91 Å². The third-order valence-electron chi connectivity index (χ3n) is 4.71.